The monoisotopic (exact) mass is 297 g/mol. The summed E-state index contributed by atoms with van der Waals surface area (Å²) < 4.78 is 6.16. The molecule has 0 heterocycles. The van der Waals surface area contributed by atoms with Crippen molar-refractivity contribution >= 4 is 5.97 Å². The second-order valence-electron chi connectivity index (χ2n) is 7.89. The summed E-state index contributed by atoms with van der Waals surface area (Å²) in [5.41, 5.74) is -0.298. The summed E-state index contributed by atoms with van der Waals surface area (Å²) in [6.07, 6.45) is 4.47. The summed E-state index contributed by atoms with van der Waals surface area (Å²) in [7, 11) is 0. The summed E-state index contributed by atoms with van der Waals surface area (Å²) in [5, 5.41) is 12.4. The average molecular weight is 297 g/mol. The van der Waals surface area contributed by atoms with E-state index in [1.54, 1.807) is 6.92 Å². The van der Waals surface area contributed by atoms with E-state index in [9.17, 15) is 9.90 Å². The van der Waals surface area contributed by atoms with E-state index in [4.69, 9.17) is 4.74 Å². The van der Waals surface area contributed by atoms with Crippen LogP contribution in [-0.4, -0.2) is 35.9 Å². The lowest BCUT2D eigenvalue weighted by atomic mass is 9.70. The molecule has 0 radical (unpaired) electrons. The van der Waals surface area contributed by atoms with Crippen LogP contribution in [0.4, 0.5) is 0 Å². The number of hydrogen-bond acceptors (Lipinski definition) is 3. The standard InChI is InChI=1S/C17H31NO3/c1-6-18-17(5,14(19)20)9-10-21-13-11-12-7-8-16(13,4)15(12,2)3/h12-13,18H,6-11H2,1-5H3,(H,19,20). The molecule has 2 N–H and O–H groups in total. The molecule has 0 aromatic heterocycles. The highest BCUT2D eigenvalue weighted by atomic mass is 16.5. The first kappa shape index (κ1) is 16.8. The van der Waals surface area contributed by atoms with Gasteiger partial charge in [0.15, 0.2) is 0 Å². The van der Waals surface area contributed by atoms with Crippen LogP contribution in [0.2, 0.25) is 0 Å². The number of hydrogen-bond donors (Lipinski definition) is 2. The van der Waals surface area contributed by atoms with Crippen LogP contribution in [-0.2, 0) is 9.53 Å². The largest absolute Gasteiger partial charge is 0.480 e. The molecule has 122 valence electrons. The molecule has 4 unspecified atom stereocenters. The molecular formula is C17H31NO3. The van der Waals surface area contributed by atoms with Crippen LogP contribution in [0, 0.1) is 16.7 Å². The highest BCUT2D eigenvalue weighted by Crippen LogP contribution is 2.66. The molecule has 0 saturated heterocycles. The molecule has 0 aliphatic heterocycles. The van der Waals surface area contributed by atoms with Gasteiger partial charge in [-0.1, -0.05) is 27.7 Å². The fourth-order valence-electron chi connectivity index (χ4n) is 4.45. The minimum Gasteiger partial charge on any atom is -0.480 e. The lowest BCUT2D eigenvalue weighted by Gasteiger charge is -2.39. The van der Waals surface area contributed by atoms with E-state index in [0.29, 0.717) is 25.0 Å². The van der Waals surface area contributed by atoms with Gasteiger partial charge in [0.25, 0.3) is 0 Å². The van der Waals surface area contributed by atoms with Crippen LogP contribution in [0.1, 0.15) is 60.3 Å². The third-order valence-electron chi connectivity index (χ3n) is 6.67. The lowest BCUT2D eigenvalue weighted by Crippen LogP contribution is -2.50. The van der Waals surface area contributed by atoms with Crippen molar-refractivity contribution in [1.82, 2.24) is 5.32 Å². The summed E-state index contributed by atoms with van der Waals surface area (Å²) >= 11 is 0. The molecule has 0 spiro atoms. The predicted molar refractivity (Wildman–Crippen MR) is 83.3 cm³/mol. The van der Waals surface area contributed by atoms with Crippen LogP contribution < -0.4 is 5.32 Å². The zero-order valence-corrected chi connectivity index (χ0v) is 14.2. The van der Waals surface area contributed by atoms with Gasteiger partial charge in [-0.3, -0.25) is 4.79 Å². The summed E-state index contributed by atoms with van der Waals surface area (Å²) in [6, 6.07) is 0. The molecule has 2 aliphatic carbocycles. The Morgan fingerprint density at radius 1 is 1.43 bits per heavy atom. The highest BCUT2D eigenvalue weighted by molar-refractivity contribution is 5.78. The molecule has 2 aliphatic rings. The zero-order chi connectivity index (χ0) is 15.9. The quantitative estimate of drug-likeness (QED) is 0.758. The molecule has 4 heteroatoms. The van der Waals surface area contributed by atoms with Crippen LogP contribution >= 0.6 is 0 Å². The number of fused-ring (bicyclic) bond motifs is 2. The van der Waals surface area contributed by atoms with Crippen LogP contribution in [0.15, 0.2) is 0 Å². The van der Waals surface area contributed by atoms with Gasteiger partial charge >= 0.3 is 5.97 Å². The van der Waals surface area contributed by atoms with Crippen LogP contribution in [0.3, 0.4) is 0 Å². The predicted octanol–water partition coefficient (Wildman–Crippen LogP) is 3.06. The number of carboxylic acids is 1. The van der Waals surface area contributed by atoms with E-state index in [1.807, 2.05) is 6.92 Å². The van der Waals surface area contributed by atoms with Crippen molar-refractivity contribution in [2.24, 2.45) is 16.7 Å². The van der Waals surface area contributed by atoms with Gasteiger partial charge in [-0.2, -0.15) is 0 Å². The Kier molecular flexibility index (Phi) is 4.42. The smallest absolute Gasteiger partial charge is 0.323 e. The Labute approximate surface area is 128 Å². The average Bonchev–Trinajstić information content (AvgIpc) is 2.72. The number of aliphatic carboxylic acids is 1. The van der Waals surface area contributed by atoms with Gasteiger partial charge in [-0.15, -0.1) is 0 Å². The molecular weight excluding hydrogens is 266 g/mol. The van der Waals surface area contributed by atoms with Crippen molar-refractivity contribution in [2.75, 3.05) is 13.2 Å². The Bertz CT molecular complexity index is 409. The molecule has 2 bridgehead atoms. The van der Waals surface area contributed by atoms with E-state index < -0.39 is 11.5 Å². The van der Waals surface area contributed by atoms with E-state index >= 15 is 0 Å². The van der Waals surface area contributed by atoms with Crippen molar-refractivity contribution in [3.05, 3.63) is 0 Å². The Morgan fingerprint density at radius 2 is 2.10 bits per heavy atom. The number of carboxylic acid groups (broad SMARTS) is 1. The van der Waals surface area contributed by atoms with Crippen LogP contribution in [0.25, 0.3) is 0 Å². The van der Waals surface area contributed by atoms with Gasteiger partial charge in [0.1, 0.15) is 5.54 Å². The molecule has 4 nitrogen and oxygen atoms in total. The molecule has 0 aromatic rings. The number of likely N-dealkylation sites (N-methyl/N-ethyl adjacent to an activating group) is 1. The molecule has 4 atom stereocenters. The number of nitrogens with one attached hydrogen (secondary N) is 1. The number of rotatable bonds is 7. The van der Waals surface area contributed by atoms with Crippen molar-refractivity contribution < 1.29 is 14.6 Å². The van der Waals surface area contributed by atoms with Crippen molar-refractivity contribution in [3.63, 3.8) is 0 Å². The second-order valence-corrected chi connectivity index (χ2v) is 7.89. The molecule has 21 heavy (non-hydrogen) atoms. The summed E-state index contributed by atoms with van der Waals surface area (Å²) in [6.45, 7) is 11.9. The minimum absolute atomic E-state index is 0.246. The first-order chi connectivity index (χ1) is 9.67. The molecule has 0 aromatic carbocycles. The first-order valence-electron chi connectivity index (χ1n) is 8.27. The highest BCUT2D eigenvalue weighted by Gasteiger charge is 2.61. The van der Waals surface area contributed by atoms with E-state index in [-0.39, 0.29) is 11.5 Å². The molecule has 0 amide bonds. The topological polar surface area (TPSA) is 58.6 Å². The van der Waals surface area contributed by atoms with Gasteiger partial charge in [0, 0.05) is 6.61 Å². The normalized spacial score (nSPS) is 36.6. The van der Waals surface area contributed by atoms with Crippen LogP contribution in [0.5, 0.6) is 0 Å². The fourth-order valence-corrected chi connectivity index (χ4v) is 4.45. The summed E-state index contributed by atoms with van der Waals surface area (Å²) in [5.74, 6) is -0.0421. The minimum atomic E-state index is -0.886. The summed E-state index contributed by atoms with van der Waals surface area (Å²) in [4.78, 5) is 11.4. The lowest BCUT2D eigenvalue weighted by molar-refractivity contribution is -0.145. The van der Waals surface area contributed by atoms with Gasteiger partial charge in [-0.25, -0.2) is 0 Å². The number of ether oxygens (including phenoxy) is 1. The maximum Gasteiger partial charge on any atom is 0.323 e. The maximum atomic E-state index is 11.4. The second kappa shape index (κ2) is 5.54. The molecule has 2 rings (SSSR count). The van der Waals surface area contributed by atoms with Gasteiger partial charge < -0.3 is 15.2 Å². The Balaban J connectivity index is 1.92. The van der Waals surface area contributed by atoms with Gasteiger partial charge in [0.05, 0.1) is 6.10 Å². The van der Waals surface area contributed by atoms with Crippen molar-refractivity contribution in [2.45, 2.75) is 71.9 Å². The van der Waals surface area contributed by atoms with E-state index in [2.05, 4.69) is 26.1 Å². The zero-order valence-electron chi connectivity index (χ0n) is 14.2. The van der Waals surface area contributed by atoms with E-state index in [1.165, 1.54) is 12.8 Å². The van der Waals surface area contributed by atoms with Gasteiger partial charge in [0.2, 0.25) is 0 Å². The fraction of sp³-hybridized carbons (Fsp3) is 0.941. The first-order valence-corrected chi connectivity index (χ1v) is 8.27. The SMILES string of the molecule is CCNC(C)(CCOC1CC2CCC1(C)C2(C)C)C(=O)O. The van der Waals surface area contributed by atoms with Crippen molar-refractivity contribution in [1.29, 1.82) is 0 Å². The Hall–Kier alpha value is -0.610. The number of carbonyl (C=O) groups is 1. The Morgan fingerprint density at radius 3 is 2.52 bits per heavy atom. The third kappa shape index (κ3) is 2.61. The van der Waals surface area contributed by atoms with E-state index in [0.717, 1.165) is 12.3 Å². The van der Waals surface area contributed by atoms with Crippen molar-refractivity contribution in [3.8, 4) is 0 Å². The maximum absolute atomic E-state index is 11.4. The molecule has 2 fully saturated rings. The van der Waals surface area contributed by atoms with Gasteiger partial charge in [-0.05, 0) is 55.9 Å². The molecule has 2 saturated carbocycles. The third-order valence-corrected chi connectivity index (χ3v) is 6.67.